The molecule has 1 aromatic rings. The van der Waals surface area contributed by atoms with Crippen molar-refractivity contribution in [3.05, 3.63) is 12.0 Å². The lowest BCUT2D eigenvalue weighted by atomic mass is 10.4. The molecule has 0 spiro atoms. The number of hydrogen-bond acceptors (Lipinski definition) is 2. The van der Waals surface area contributed by atoms with Gasteiger partial charge < -0.3 is 9.47 Å². The van der Waals surface area contributed by atoms with Gasteiger partial charge in [-0.05, 0) is 0 Å². The van der Waals surface area contributed by atoms with Crippen LogP contribution in [0.15, 0.2) is 6.20 Å². The van der Waals surface area contributed by atoms with E-state index in [1.165, 1.54) is 18.2 Å². The molecule has 9 heavy (non-hydrogen) atoms. The van der Waals surface area contributed by atoms with Crippen molar-refractivity contribution < 1.29 is 0 Å². The van der Waals surface area contributed by atoms with Crippen molar-refractivity contribution in [3.63, 3.8) is 0 Å². The molecule has 4 bridgehead atoms. The van der Waals surface area contributed by atoms with Crippen molar-refractivity contribution in [1.29, 1.82) is 0 Å². The first-order valence-electron chi connectivity index (χ1n) is 3.24. The van der Waals surface area contributed by atoms with Crippen molar-refractivity contribution in [1.82, 2.24) is 9.55 Å². The van der Waals surface area contributed by atoms with Crippen LogP contribution < -0.4 is 4.90 Å². The van der Waals surface area contributed by atoms with E-state index in [0.29, 0.717) is 0 Å². The molecule has 0 aromatic carbocycles. The molecule has 1 aromatic heterocycles. The fraction of sp³-hybridized carbons (Fsp3) is 0.500. The van der Waals surface area contributed by atoms with Crippen LogP contribution >= 0.6 is 0 Å². The molecule has 0 fully saturated rings. The predicted molar refractivity (Wildman–Crippen MR) is 33.3 cm³/mol. The molecule has 0 unspecified atom stereocenters. The zero-order valence-electron chi connectivity index (χ0n) is 5.04. The second-order valence-electron chi connectivity index (χ2n) is 2.61. The van der Waals surface area contributed by atoms with Gasteiger partial charge in [-0.25, -0.2) is 4.98 Å². The minimum Gasteiger partial charge on any atom is -0.347 e. The highest BCUT2D eigenvalue weighted by molar-refractivity contribution is 5.47. The SMILES string of the molecule is c1nc2n3c1N(CC3)C2. The van der Waals surface area contributed by atoms with Crippen LogP contribution in [-0.4, -0.2) is 16.1 Å². The highest BCUT2D eigenvalue weighted by atomic mass is 15.4. The average molecular weight is 121 g/mol. The van der Waals surface area contributed by atoms with Gasteiger partial charge in [0.2, 0.25) is 0 Å². The molecular formula is C6H7N3. The molecule has 2 aliphatic heterocycles. The van der Waals surface area contributed by atoms with Crippen LogP contribution in [0, 0.1) is 0 Å². The number of rotatable bonds is 0. The van der Waals surface area contributed by atoms with Gasteiger partial charge in [0, 0.05) is 13.1 Å². The van der Waals surface area contributed by atoms with Gasteiger partial charge in [-0.1, -0.05) is 0 Å². The number of hydrogen-bond donors (Lipinski definition) is 0. The summed E-state index contributed by atoms with van der Waals surface area (Å²) in [6.45, 7) is 3.42. The van der Waals surface area contributed by atoms with E-state index in [9.17, 15) is 0 Å². The van der Waals surface area contributed by atoms with E-state index < -0.39 is 0 Å². The molecule has 46 valence electrons. The first-order valence-corrected chi connectivity index (χ1v) is 3.24. The second kappa shape index (κ2) is 0.988. The number of nitrogens with zero attached hydrogens (tertiary/aromatic N) is 3. The summed E-state index contributed by atoms with van der Waals surface area (Å²) in [5.74, 6) is 2.57. The molecule has 3 heterocycles. The fourth-order valence-corrected chi connectivity index (χ4v) is 1.69. The predicted octanol–water partition coefficient (Wildman–Crippen LogP) is 0.217. The summed E-state index contributed by atoms with van der Waals surface area (Å²) < 4.78 is 2.29. The Bertz CT molecular complexity index is 263. The van der Waals surface area contributed by atoms with Gasteiger partial charge in [0.15, 0.2) is 0 Å². The van der Waals surface area contributed by atoms with E-state index in [2.05, 4.69) is 14.5 Å². The Hall–Kier alpha value is -0.990. The summed E-state index contributed by atoms with van der Waals surface area (Å²) in [5, 5.41) is 0. The first kappa shape index (κ1) is 3.93. The van der Waals surface area contributed by atoms with E-state index in [1.807, 2.05) is 6.20 Å². The maximum absolute atomic E-state index is 4.23. The van der Waals surface area contributed by atoms with Crippen LogP contribution in [0.3, 0.4) is 0 Å². The Balaban J connectivity index is 2.42. The van der Waals surface area contributed by atoms with Crippen molar-refractivity contribution >= 4 is 5.82 Å². The summed E-state index contributed by atoms with van der Waals surface area (Å²) in [7, 11) is 0. The lowest BCUT2D eigenvalue weighted by Gasteiger charge is -2.14. The van der Waals surface area contributed by atoms with E-state index in [-0.39, 0.29) is 0 Å². The molecule has 0 saturated carbocycles. The third-order valence-corrected chi connectivity index (χ3v) is 2.17. The Kier molecular flexibility index (Phi) is 0.431. The van der Waals surface area contributed by atoms with Gasteiger partial charge in [-0.3, -0.25) is 0 Å². The first-order chi connectivity index (χ1) is 4.45. The summed E-state index contributed by atoms with van der Waals surface area (Å²) in [6.07, 6.45) is 1.96. The lowest BCUT2D eigenvalue weighted by molar-refractivity contribution is 0.655. The van der Waals surface area contributed by atoms with Gasteiger partial charge in [-0.15, -0.1) is 0 Å². The van der Waals surface area contributed by atoms with E-state index in [0.717, 1.165) is 13.1 Å². The van der Waals surface area contributed by atoms with Crippen LogP contribution in [0.2, 0.25) is 0 Å². The van der Waals surface area contributed by atoms with Crippen LogP contribution in [0.5, 0.6) is 0 Å². The number of anilines is 1. The number of aromatic nitrogens is 2. The minimum atomic E-state index is 1.06. The molecule has 0 saturated heterocycles. The molecule has 3 heteroatoms. The van der Waals surface area contributed by atoms with Gasteiger partial charge in [0.1, 0.15) is 11.6 Å². The topological polar surface area (TPSA) is 21.1 Å². The van der Waals surface area contributed by atoms with Gasteiger partial charge in [0.25, 0.3) is 0 Å². The second-order valence-corrected chi connectivity index (χ2v) is 2.61. The standard InChI is InChI=1S/C6H7N3/c1-2-9-5-4-8(1)6(9)3-7-5/h3H,1-2,4H2. The Morgan fingerprint density at radius 2 is 2.44 bits per heavy atom. The molecule has 0 amide bonds. The van der Waals surface area contributed by atoms with E-state index in [4.69, 9.17) is 0 Å². The Morgan fingerprint density at radius 1 is 1.44 bits per heavy atom. The van der Waals surface area contributed by atoms with Gasteiger partial charge in [-0.2, -0.15) is 0 Å². The fourth-order valence-electron chi connectivity index (χ4n) is 1.69. The molecule has 3 nitrogen and oxygen atoms in total. The highest BCUT2D eigenvalue weighted by Gasteiger charge is 2.29. The smallest absolute Gasteiger partial charge is 0.130 e. The molecule has 0 atom stereocenters. The maximum Gasteiger partial charge on any atom is 0.130 e. The monoisotopic (exact) mass is 121 g/mol. The Morgan fingerprint density at radius 3 is 3.00 bits per heavy atom. The molecule has 0 radical (unpaired) electrons. The third-order valence-electron chi connectivity index (χ3n) is 2.17. The van der Waals surface area contributed by atoms with E-state index in [1.54, 1.807) is 0 Å². The highest BCUT2D eigenvalue weighted by Crippen LogP contribution is 2.30. The van der Waals surface area contributed by atoms with Crippen molar-refractivity contribution in [3.8, 4) is 0 Å². The third kappa shape index (κ3) is 0.281. The Labute approximate surface area is 52.9 Å². The summed E-state index contributed by atoms with van der Waals surface area (Å²) in [5.41, 5.74) is 0. The van der Waals surface area contributed by atoms with Gasteiger partial charge in [0.05, 0.1) is 12.7 Å². The largest absolute Gasteiger partial charge is 0.347 e. The molecule has 3 rings (SSSR count). The quantitative estimate of drug-likeness (QED) is 0.489. The van der Waals surface area contributed by atoms with Crippen LogP contribution in [0.25, 0.3) is 0 Å². The van der Waals surface area contributed by atoms with Crippen molar-refractivity contribution in [2.24, 2.45) is 0 Å². The van der Waals surface area contributed by atoms with Crippen LogP contribution in [0.1, 0.15) is 5.82 Å². The average Bonchev–Trinajstić information content (AvgIpc) is 2.50. The molecule has 0 N–H and O–H groups in total. The lowest BCUT2D eigenvalue weighted by Crippen LogP contribution is -2.23. The molecule has 0 aliphatic carbocycles. The van der Waals surface area contributed by atoms with Crippen molar-refractivity contribution in [2.45, 2.75) is 13.1 Å². The summed E-state index contributed by atoms with van der Waals surface area (Å²) >= 11 is 0. The van der Waals surface area contributed by atoms with Crippen LogP contribution in [-0.2, 0) is 13.1 Å². The zero-order chi connectivity index (χ0) is 5.84. The minimum absolute atomic E-state index is 1.06. The van der Waals surface area contributed by atoms with Crippen molar-refractivity contribution in [2.75, 3.05) is 11.4 Å². The summed E-state index contributed by atoms with van der Waals surface area (Å²) in [6, 6.07) is 0. The molecule has 2 aliphatic rings. The maximum atomic E-state index is 4.23. The molecular weight excluding hydrogens is 114 g/mol. The zero-order valence-corrected chi connectivity index (χ0v) is 5.04. The van der Waals surface area contributed by atoms with E-state index >= 15 is 0 Å². The summed E-state index contributed by atoms with van der Waals surface area (Å²) in [4.78, 5) is 6.59. The normalized spacial score (nSPS) is 19.8. The van der Waals surface area contributed by atoms with Crippen LogP contribution in [0.4, 0.5) is 5.82 Å². The number of imidazole rings is 1. The van der Waals surface area contributed by atoms with Gasteiger partial charge >= 0.3 is 0 Å².